The van der Waals surface area contributed by atoms with Crippen molar-refractivity contribution in [3.8, 4) is 0 Å². The van der Waals surface area contributed by atoms with E-state index >= 15 is 0 Å². The molecule has 1 aliphatic rings. The normalized spacial score (nSPS) is 15.1. The maximum absolute atomic E-state index is 11.7. The number of likely N-dealkylation sites (tertiary alicyclic amines) is 1. The van der Waals surface area contributed by atoms with E-state index < -0.39 is 0 Å². The largest absolute Gasteiger partial charge is 0.355 e. The monoisotopic (exact) mass is 463 g/mol. The molecule has 25 heavy (non-hydrogen) atoms. The minimum absolute atomic E-state index is 0. The summed E-state index contributed by atoms with van der Waals surface area (Å²) in [6.45, 7) is 4.29. The third-order valence-corrected chi connectivity index (χ3v) is 3.89. The molecule has 0 spiro atoms. The van der Waals surface area contributed by atoms with E-state index in [1.165, 1.54) is 4.90 Å². The molecule has 10 heteroatoms. The number of nitrogens with one attached hydrogen (secondary N) is 2. The van der Waals surface area contributed by atoms with Crippen LogP contribution in [-0.4, -0.2) is 64.1 Å². The van der Waals surface area contributed by atoms with Crippen LogP contribution in [0.5, 0.6) is 0 Å². The molecule has 1 aliphatic heterocycles. The molecule has 2 amide bonds. The molecule has 0 aliphatic carbocycles. The summed E-state index contributed by atoms with van der Waals surface area (Å²) in [5.41, 5.74) is 0. The highest BCUT2D eigenvalue weighted by molar-refractivity contribution is 14.0. The Morgan fingerprint density at radius 1 is 1.20 bits per heavy atom. The van der Waals surface area contributed by atoms with E-state index in [4.69, 9.17) is 0 Å². The predicted octanol–water partition coefficient (Wildman–Crippen LogP) is 0.163. The third kappa shape index (κ3) is 6.25. The zero-order valence-electron chi connectivity index (χ0n) is 14.7. The Labute approximate surface area is 164 Å². The number of hydrogen-bond acceptors (Lipinski definition) is 5. The number of nitrogens with zero attached hydrogens (tertiary/aromatic N) is 5. The first-order chi connectivity index (χ1) is 11.7. The Morgan fingerprint density at radius 3 is 2.44 bits per heavy atom. The summed E-state index contributed by atoms with van der Waals surface area (Å²) in [5, 5.41) is 14.2. The Balaban J connectivity index is 0.00000312. The van der Waals surface area contributed by atoms with E-state index in [0.29, 0.717) is 44.9 Å². The molecule has 0 atom stereocenters. The number of aryl methyl sites for hydroxylation is 1. The molecule has 1 saturated heterocycles. The minimum atomic E-state index is -0.0873. The van der Waals surface area contributed by atoms with Crippen molar-refractivity contribution in [2.24, 2.45) is 4.99 Å². The number of carbonyl (C=O) groups is 2. The van der Waals surface area contributed by atoms with Crippen LogP contribution in [0, 0.1) is 0 Å². The number of aromatic nitrogens is 3. The maximum Gasteiger partial charge on any atom is 0.229 e. The second-order valence-electron chi connectivity index (χ2n) is 5.51. The molecule has 0 bridgehead atoms. The van der Waals surface area contributed by atoms with Gasteiger partial charge in [0.1, 0.15) is 12.2 Å². The summed E-state index contributed by atoms with van der Waals surface area (Å²) >= 11 is 0. The molecule has 0 aromatic carbocycles. The van der Waals surface area contributed by atoms with Gasteiger partial charge in [-0.2, -0.15) is 0 Å². The van der Waals surface area contributed by atoms with Crippen molar-refractivity contribution in [3.63, 3.8) is 0 Å². The van der Waals surface area contributed by atoms with Gasteiger partial charge in [0.15, 0.2) is 5.96 Å². The first kappa shape index (κ1) is 21.3. The highest BCUT2D eigenvalue weighted by Crippen LogP contribution is 2.11. The van der Waals surface area contributed by atoms with Crippen molar-refractivity contribution in [3.05, 3.63) is 12.2 Å². The molecule has 1 aromatic rings. The summed E-state index contributed by atoms with van der Waals surface area (Å²) in [7, 11) is 1.68. The van der Waals surface area contributed by atoms with Crippen LogP contribution in [0.3, 0.4) is 0 Å². The molecule has 1 aromatic heterocycles. The van der Waals surface area contributed by atoms with Gasteiger partial charge in [0.05, 0.1) is 0 Å². The molecule has 9 nitrogen and oxygen atoms in total. The van der Waals surface area contributed by atoms with Gasteiger partial charge in [-0.3, -0.25) is 19.5 Å². The zero-order valence-corrected chi connectivity index (χ0v) is 17.0. The second kappa shape index (κ2) is 11.0. The van der Waals surface area contributed by atoms with E-state index in [0.717, 1.165) is 18.8 Å². The number of halogens is 1. The average molecular weight is 463 g/mol. The molecule has 2 rings (SSSR count). The molecular weight excluding hydrogens is 437 g/mol. The summed E-state index contributed by atoms with van der Waals surface area (Å²) < 4.78 is 1.99. The first-order valence-electron chi connectivity index (χ1n) is 8.30. The van der Waals surface area contributed by atoms with Gasteiger partial charge in [0.2, 0.25) is 11.8 Å². The summed E-state index contributed by atoms with van der Waals surface area (Å²) in [4.78, 5) is 28.9. The fraction of sp³-hybridized carbons (Fsp3) is 0.667. The molecule has 2 N–H and O–H groups in total. The molecule has 0 saturated carbocycles. The van der Waals surface area contributed by atoms with Crippen LogP contribution in [0.1, 0.15) is 32.0 Å². The maximum atomic E-state index is 11.7. The van der Waals surface area contributed by atoms with Crippen LogP contribution < -0.4 is 10.6 Å². The lowest BCUT2D eigenvalue weighted by Crippen LogP contribution is -2.46. The Hall–Kier alpha value is -1.72. The van der Waals surface area contributed by atoms with Crippen molar-refractivity contribution in [2.75, 3.05) is 26.7 Å². The van der Waals surface area contributed by atoms with Gasteiger partial charge in [-0.05, 0) is 6.42 Å². The highest BCUT2D eigenvalue weighted by Gasteiger charge is 2.25. The second-order valence-corrected chi connectivity index (χ2v) is 5.51. The number of piperidine rings is 1. The van der Waals surface area contributed by atoms with Crippen molar-refractivity contribution in [1.29, 1.82) is 0 Å². The predicted molar refractivity (Wildman–Crippen MR) is 105 cm³/mol. The van der Waals surface area contributed by atoms with Crippen LogP contribution in [0.4, 0.5) is 0 Å². The number of aliphatic imine (C=N–C) groups is 1. The standard InChI is InChI=1S/C15H25N7O2.HI/c1-3-12-20-19-11-21(12)9-7-17-15(16-2)18-8-10-22-13(23)5-4-6-14(22)24;/h11H,3-10H2,1-2H3,(H2,16,17,18);1H. The smallest absolute Gasteiger partial charge is 0.229 e. The number of carbonyl (C=O) groups excluding carboxylic acids is 2. The zero-order chi connectivity index (χ0) is 17.4. The number of hydrogen-bond donors (Lipinski definition) is 2. The number of imide groups is 1. The highest BCUT2D eigenvalue weighted by atomic mass is 127. The summed E-state index contributed by atoms with van der Waals surface area (Å²) in [6.07, 6.45) is 4.12. The quantitative estimate of drug-likeness (QED) is 0.259. The summed E-state index contributed by atoms with van der Waals surface area (Å²) in [6, 6.07) is 0. The van der Waals surface area contributed by atoms with E-state index in [1.54, 1.807) is 13.4 Å². The number of rotatable bonds is 7. The Morgan fingerprint density at radius 2 is 1.84 bits per heavy atom. The molecule has 140 valence electrons. The van der Waals surface area contributed by atoms with Gasteiger partial charge in [-0.25, -0.2) is 0 Å². The van der Waals surface area contributed by atoms with E-state index in [2.05, 4.69) is 25.8 Å². The third-order valence-electron chi connectivity index (χ3n) is 3.89. The average Bonchev–Trinajstić information content (AvgIpc) is 3.03. The van der Waals surface area contributed by atoms with E-state index in [1.807, 2.05) is 11.5 Å². The number of guanidine groups is 1. The fourth-order valence-corrected chi connectivity index (χ4v) is 2.59. The number of amides is 2. The molecule has 0 radical (unpaired) electrons. The van der Waals surface area contributed by atoms with Crippen molar-refractivity contribution in [2.45, 2.75) is 39.2 Å². The van der Waals surface area contributed by atoms with Crippen LogP contribution >= 0.6 is 24.0 Å². The first-order valence-corrected chi connectivity index (χ1v) is 8.30. The van der Waals surface area contributed by atoms with E-state index in [9.17, 15) is 9.59 Å². The van der Waals surface area contributed by atoms with Crippen LogP contribution in [0.2, 0.25) is 0 Å². The van der Waals surface area contributed by atoms with Crippen molar-refractivity contribution >= 4 is 41.8 Å². The van der Waals surface area contributed by atoms with Gasteiger partial charge in [-0.1, -0.05) is 6.92 Å². The lowest BCUT2D eigenvalue weighted by atomic mass is 10.1. The van der Waals surface area contributed by atoms with E-state index in [-0.39, 0.29) is 35.8 Å². The van der Waals surface area contributed by atoms with Gasteiger partial charge in [0.25, 0.3) is 0 Å². The topological polar surface area (TPSA) is 105 Å². The Bertz CT molecular complexity index is 586. The van der Waals surface area contributed by atoms with Crippen molar-refractivity contribution < 1.29 is 9.59 Å². The van der Waals surface area contributed by atoms with Gasteiger partial charge in [-0.15, -0.1) is 34.2 Å². The van der Waals surface area contributed by atoms with Gasteiger partial charge < -0.3 is 15.2 Å². The van der Waals surface area contributed by atoms with Gasteiger partial charge in [0, 0.05) is 52.5 Å². The SMILES string of the molecule is CCc1nncn1CCNC(=NC)NCCN1C(=O)CCCC1=O.I. The Kier molecular flexibility index (Phi) is 9.39. The lowest BCUT2D eigenvalue weighted by molar-refractivity contribution is -0.147. The van der Waals surface area contributed by atoms with Crippen LogP contribution in [-0.2, 0) is 22.6 Å². The molecule has 2 heterocycles. The fourth-order valence-electron chi connectivity index (χ4n) is 2.59. The van der Waals surface area contributed by atoms with Crippen LogP contribution in [0.15, 0.2) is 11.3 Å². The molecule has 1 fully saturated rings. The van der Waals surface area contributed by atoms with Crippen LogP contribution in [0.25, 0.3) is 0 Å². The minimum Gasteiger partial charge on any atom is -0.355 e. The van der Waals surface area contributed by atoms with Crippen molar-refractivity contribution in [1.82, 2.24) is 30.3 Å². The lowest BCUT2D eigenvalue weighted by Gasteiger charge is -2.25. The molecule has 0 unspecified atom stereocenters. The summed E-state index contributed by atoms with van der Waals surface area (Å²) in [5.74, 6) is 1.41. The van der Waals surface area contributed by atoms with Gasteiger partial charge >= 0.3 is 0 Å². The molecular formula is C15H26IN7O2.